The van der Waals surface area contributed by atoms with Crippen molar-refractivity contribution in [2.75, 3.05) is 0 Å². The molecule has 0 aliphatic heterocycles. The highest BCUT2D eigenvalue weighted by Crippen LogP contribution is 2.04. The van der Waals surface area contributed by atoms with Gasteiger partial charge in [-0.1, -0.05) is 36.3 Å². The van der Waals surface area contributed by atoms with Gasteiger partial charge in [-0.15, -0.1) is 0 Å². The molecule has 5 nitrogen and oxygen atoms in total. The number of amides is 1. The second-order valence-electron chi connectivity index (χ2n) is 3.71. The van der Waals surface area contributed by atoms with E-state index in [-0.39, 0.29) is 18.2 Å². The van der Waals surface area contributed by atoms with Crippen LogP contribution in [-0.4, -0.2) is 17.0 Å². The van der Waals surface area contributed by atoms with Gasteiger partial charge in [-0.2, -0.15) is 0 Å². The van der Waals surface area contributed by atoms with E-state index in [1.165, 1.54) is 5.56 Å². The Balaban J connectivity index is 2.42. The molecule has 0 saturated heterocycles. The summed E-state index contributed by atoms with van der Waals surface area (Å²) in [4.78, 5) is 11.3. The van der Waals surface area contributed by atoms with Gasteiger partial charge in [0.05, 0.1) is 6.42 Å². The number of benzene rings is 1. The van der Waals surface area contributed by atoms with E-state index in [0.29, 0.717) is 6.54 Å². The number of carbonyl (C=O) groups is 1. The Bertz CT molecular complexity index is 399. The molecule has 0 saturated carbocycles. The molecule has 0 aliphatic carbocycles. The van der Waals surface area contributed by atoms with E-state index >= 15 is 0 Å². The molecule has 0 aliphatic rings. The van der Waals surface area contributed by atoms with Crippen molar-refractivity contribution in [2.45, 2.75) is 26.3 Å². The highest BCUT2D eigenvalue weighted by atomic mass is 16.4. The largest absolute Gasteiger partial charge is 0.409 e. The SMILES string of the molecule is CCc1ccc(CNC(=O)C/C(N)=N/O)cc1. The minimum absolute atomic E-state index is 0.0937. The molecule has 0 fully saturated rings. The van der Waals surface area contributed by atoms with Gasteiger partial charge in [-0.05, 0) is 17.5 Å². The number of nitrogens with two attached hydrogens (primary N) is 1. The van der Waals surface area contributed by atoms with E-state index < -0.39 is 0 Å². The Kier molecular flexibility index (Phi) is 5.00. The number of nitrogens with one attached hydrogen (secondary N) is 1. The van der Waals surface area contributed by atoms with Crippen molar-refractivity contribution >= 4 is 11.7 Å². The Labute approximate surface area is 100 Å². The average molecular weight is 235 g/mol. The second-order valence-corrected chi connectivity index (χ2v) is 3.71. The maximum absolute atomic E-state index is 11.3. The van der Waals surface area contributed by atoms with Crippen LogP contribution in [0.4, 0.5) is 0 Å². The first-order chi connectivity index (χ1) is 8.15. The third kappa shape index (κ3) is 4.55. The molecule has 1 aromatic rings. The van der Waals surface area contributed by atoms with Crippen molar-refractivity contribution in [3.8, 4) is 0 Å². The predicted molar refractivity (Wildman–Crippen MR) is 65.7 cm³/mol. The summed E-state index contributed by atoms with van der Waals surface area (Å²) in [5.41, 5.74) is 7.50. The number of nitrogens with zero attached hydrogens (tertiary/aromatic N) is 1. The molecule has 5 heteroatoms. The number of rotatable bonds is 5. The third-order valence-corrected chi connectivity index (χ3v) is 2.39. The molecular weight excluding hydrogens is 218 g/mol. The van der Waals surface area contributed by atoms with Crippen molar-refractivity contribution in [2.24, 2.45) is 10.9 Å². The lowest BCUT2D eigenvalue weighted by Gasteiger charge is -2.05. The van der Waals surface area contributed by atoms with Crippen molar-refractivity contribution in [1.82, 2.24) is 5.32 Å². The fraction of sp³-hybridized carbons (Fsp3) is 0.333. The first-order valence-corrected chi connectivity index (χ1v) is 5.46. The molecule has 1 rings (SSSR count). The van der Waals surface area contributed by atoms with Crippen LogP contribution in [-0.2, 0) is 17.8 Å². The summed E-state index contributed by atoms with van der Waals surface area (Å²) in [6.07, 6.45) is 0.902. The molecule has 0 radical (unpaired) electrons. The van der Waals surface area contributed by atoms with Crippen LogP contribution in [0.1, 0.15) is 24.5 Å². The number of hydrogen-bond donors (Lipinski definition) is 3. The summed E-state index contributed by atoms with van der Waals surface area (Å²) in [5.74, 6) is -0.358. The van der Waals surface area contributed by atoms with Crippen molar-refractivity contribution < 1.29 is 10.0 Å². The van der Waals surface area contributed by atoms with E-state index in [1.54, 1.807) is 0 Å². The van der Waals surface area contributed by atoms with E-state index in [2.05, 4.69) is 17.4 Å². The van der Waals surface area contributed by atoms with Gasteiger partial charge in [0.25, 0.3) is 0 Å². The molecule has 0 bridgehead atoms. The summed E-state index contributed by atoms with van der Waals surface area (Å²) in [6, 6.07) is 8.02. The number of aryl methyl sites for hydroxylation is 1. The van der Waals surface area contributed by atoms with E-state index in [1.807, 2.05) is 24.3 Å². The topological polar surface area (TPSA) is 87.7 Å². The van der Waals surface area contributed by atoms with Gasteiger partial charge in [0.2, 0.25) is 5.91 Å². The lowest BCUT2D eigenvalue weighted by molar-refractivity contribution is -0.120. The van der Waals surface area contributed by atoms with Crippen LogP contribution in [0.2, 0.25) is 0 Å². The van der Waals surface area contributed by atoms with Crippen LogP contribution in [0.3, 0.4) is 0 Å². The van der Waals surface area contributed by atoms with Crippen molar-refractivity contribution in [3.05, 3.63) is 35.4 Å². The second kappa shape index (κ2) is 6.52. The van der Waals surface area contributed by atoms with Gasteiger partial charge in [0, 0.05) is 6.54 Å². The van der Waals surface area contributed by atoms with Crippen molar-refractivity contribution in [3.63, 3.8) is 0 Å². The molecular formula is C12H17N3O2. The van der Waals surface area contributed by atoms with Crippen LogP contribution in [0.25, 0.3) is 0 Å². The highest BCUT2D eigenvalue weighted by molar-refractivity contribution is 5.98. The smallest absolute Gasteiger partial charge is 0.227 e. The first kappa shape index (κ1) is 13.0. The Morgan fingerprint density at radius 3 is 2.47 bits per heavy atom. The van der Waals surface area contributed by atoms with Gasteiger partial charge >= 0.3 is 0 Å². The van der Waals surface area contributed by atoms with E-state index in [0.717, 1.165) is 12.0 Å². The summed E-state index contributed by atoms with van der Waals surface area (Å²) in [7, 11) is 0. The van der Waals surface area contributed by atoms with E-state index in [4.69, 9.17) is 10.9 Å². The van der Waals surface area contributed by atoms with Crippen LogP contribution in [0, 0.1) is 0 Å². The highest BCUT2D eigenvalue weighted by Gasteiger charge is 2.04. The van der Waals surface area contributed by atoms with Gasteiger partial charge in [0.1, 0.15) is 5.84 Å². The van der Waals surface area contributed by atoms with Gasteiger partial charge in [0.15, 0.2) is 0 Å². The quantitative estimate of drug-likeness (QED) is 0.308. The zero-order valence-corrected chi connectivity index (χ0v) is 9.81. The number of amidine groups is 1. The van der Waals surface area contributed by atoms with Crippen LogP contribution in [0.5, 0.6) is 0 Å². The van der Waals surface area contributed by atoms with Crippen LogP contribution >= 0.6 is 0 Å². The maximum Gasteiger partial charge on any atom is 0.227 e. The van der Waals surface area contributed by atoms with Gasteiger partial charge in [-0.3, -0.25) is 4.79 Å². The van der Waals surface area contributed by atoms with Crippen molar-refractivity contribution in [1.29, 1.82) is 0 Å². The van der Waals surface area contributed by atoms with E-state index in [9.17, 15) is 4.79 Å². The molecule has 92 valence electrons. The lowest BCUT2D eigenvalue weighted by atomic mass is 10.1. The lowest BCUT2D eigenvalue weighted by Crippen LogP contribution is -2.28. The van der Waals surface area contributed by atoms with Gasteiger partial charge < -0.3 is 16.3 Å². The summed E-state index contributed by atoms with van der Waals surface area (Å²) in [6.45, 7) is 2.54. The predicted octanol–water partition coefficient (Wildman–Crippen LogP) is 1.00. The average Bonchev–Trinajstić information content (AvgIpc) is 2.36. The summed E-state index contributed by atoms with van der Waals surface area (Å²) < 4.78 is 0. The van der Waals surface area contributed by atoms with Gasteiger partial charge in [-0.25, -0.2) is 0 Å². The monoisotopic (exact) mass is 235 g/mol. The molecule has 0 unspecified atom stereocenters. The molecule has 4 N–H and O–H groups in total. The minimum atomic E-state index is -0.264. The normalized spacial score (nSPS) is 11.2. The Morgan fingerprint density at radius 1 is 1.35 bits per heavy atom. The molecule has 0 aromatic heterocycles. The molecule has 0 atom stereocenters. The first-order valence-electron chi connectivity index (χ1n) is 5.46. The van der Waals surface area contributed by atoms with Crippen LogP contribution < -0.4 is 11.1 Å². The fourth-order valence-electron chi connectivity index (χ4n) is 1.36. The zero-order valence-electron chi connectivity index (χ0n) is 9.81. The molecule has 0 heterocycles. The number of oxime groups is 1. The Morgan fingerprint density at radius 2 is 1.94 bits per heavy atom. The summed E-state index contributed by atoms with van der Waals surface area (Å²) in [5, 5.41) is 13.7. The summed E-state index contributed by atoms with van der Waals surface area (Å²) >= 11 is 0. The number of hydrogen-bond acceptors (Lipinski definition) is 3. The number of carbonyl (C=O) groups excluding carboxylic acids is 1. The Hall–Kier alpha value is -2.04. The maximum atomic E-state index is 11.3. The standard InChI is InChI=1S/C12H17N3O2/c1-2-9-3-5-10(6-4-9)8-14-12(16)7-11(13)15-17/h3-6,17H,2,7-8H2,1H3,(H2,13,15)(H,14,16). The zero-order chi connectivity index (χ0) is 12.7. The fourth-order valence-corrected chi connectivity index (χ4v) is 1.36. The third-order valence-electron chi connectivity index (χ3n) is 2.39. The molecule has 1 aromatic carbocycles. The minimum Gasteiger partial charge on any atom is -0.409 e. The van der Waals surface area contributed by atoms with Crippen LogP contribution in [0.15, 0.2) is 29.4 Å². The molecule has 17 heavy (non-hydrogen) atoms. The molecule has 1 amide bonds. The molecule has 0 spiro atoms.